The predicted octanol–water partition coefficient (Wildman–Crippen LogP) is 2.49. The first-order valence-corrected chi connectivity index (χ1v) is 5.52. The van der Waals surface area contributed by atoms with Crippen molar-refractivity contribution >= 4 is 22.8 Å². The van der Waals surface area contributed by atoms with Gasteiger partial charge in [-0.25, -0.2) is 9.97 Å². The Morgan fingerprint density at radius 2 is 2.06 bits per heavy atom. The number of nitrogens with one attached hydrogen (secondary N) is 1. The molecule has 2 aromatic heterocycles. The third-order valence-corrected chi connectivity index (χ3v) is 2.36. The summed E-state index contributed by atoms with van der Waals surface area (Å²) in [5.41, 5.74) is 1.56. The van der Waals surface area contributed by atoms with Crippen LogP contribution in [0.4, 0.5) is 5.82 Å². The normalized spacial score (nSPS) is 10.5. The molecule has 0 aromatic carbocycles. The number of aromatic nitrogens is 2. The molecule has 0 aliphatic carbocycles. The predicted molar refractivity (Wildman–Crippen MR) is 67.5 cm³/mol. The molecule has 0 aliphatic heterocycles. The zero-order valence-electron chi connectivity index (χ0n) is 9.73. The number of fused-ring (bicyclic) bond motifs is 1. The zero-order valence-corrected chi connectivity index (χ0v) is 9.73. The maximum absolute atomic E-state index is 11.4. The van der Waals surface area contributed by atoms with E-state index in [0.717, 1.165) is 11.1 Å². The van der Waals surface area contributed by atoms with E-state index in [4.69, 9.17) is 0 Å². The van der Waals surface area contributed by atoms with Crippen LogP contribution in [-0.4, -0.2) is 15.9 Å². The first-order chi connectivity index (χ1) is 8.19. The minimum Gasteiger partial charge on any atom is -0.311 e. The van der Waals surface area contributed by atoms with Crippen LogP contribution in [0, 0.1) is 13.8 Å². The Labute approximate surface area is 100 Å². The molecule has 0 fully saturated rings. The summed E-state index contributed by atoms with van der Waals surface area (Å²) in [6.45, 7) is 5.55. The molecular weight excluding hydrogens is 214 g/mol. The third kappa shape index (κ3) is 2.78. The molecule has 2 aromatic rings. The molecule has 0 bridgehead atoms. The van der Waals surface area contributed by atoms with Crippen molar-refractivity contribution in [2.75, 3.05) is 5.32 Å². The second-order valence-electron chi connectivity index (χ2n) is 3.85. The highest BCUT2D eigenvalue weighted by Gasteiger charge is 2.03. The Morgan fingerprint density at radius 3 is 2.82 bits per heavy atom. The summed E-state index contributed by atoms with van der Waals surface area (Å²) in [4.78, 5) is 20.0. The third-order valence-electron chi connectivity index (χ3n) is 2.36. The van der Waals surface area contributed by atoms with E-state index in [1.165, 1.54) is 0 Å². The van der Waals surface area contributed by atoms with Crippen LogP contribution in [-0.2, 0) is 4.79 Å². The molecule has 0 saturated carbocycles. The standard InChI is InChI=1S/C13H14N3O/c1-3-4-12(17)15-11-8-7-10-6-5-9(2)14-13(10)16-11/h5-8H,1,3-4H2,2H3,(H,14,15,16,17). The van der Waals surface area contributed by atoms with Crippen molar-refractivity contribution in [1.82, 2.24) is 9.97 Å². The Balaban J connectivity index is 2.27. The number of amides is 1. The van der Waals surface area contributed by atoms with Crippen LogP contribution >= 0.6 is 0 Å². The number of rotatable bonds is 3. The topological polar surface area (TPSA) is 54.9 Å². The highest BCUT2D eigenvalue weighted by atomic mass is 16.1. The first-order valence-electron chi connectivity index (χ1n) is 5.52. The number of carbonyl (C=O) groups excluding carboxylic acids is 1. The fraction of sp³-hybridized carbons (Fsp3) is 0.231. The number of hydrogen-bond acceptors (Lipinski definition) is 3. The van der Waals surface area contributed by atoms with Gasteiger partial charge in [0.2, 0.25) is 5.91 Å². The molecule has 0 aliphatic rings. The van der Waals surface area contributed by atoms with E-state index in [-0.39, 0.29) is 5.91 Å². The lowest BCUT2D eigenvalue weighted by molar-refractivity contribution is -0.116. The summed E-state index contributed by atoms with van der Waals surface area (Å²) >= 11 is 0. The van der Waals surface area contributed by atoms with Gasteiger partial charge in [-0.2, -0.15) is 0 Å². The molecule has 0 unspecified atom stereocenters. The monoisotopic (exact) mass is 228 g/mol. The van der Waals surface area contributed by atoms with Crippen molar-refractivity contribution in [1.29, 1.82) is 0 Å². The molecule has 4 nitrogen and oxygen atoms in total. The molecule has 0 saturated heterocycles. The number of aryl methyl sites for hydroxylation is 1. The smallest absolute Gasteiger partial charge is 0.225 e. The van der Waals surface area contributed by atoms with Crippen LogP contribution in [0.25, 0.3) is 11.0 Å². The lowest BCUT2D eigenvalue weighted by atomic mass is 10.2. The van der Waals surface area contributed by atoms with Crippen LogP contribution in [0.5, 0.6) is 0 Å². The van der Waals surface area contributed by atoms with Crippen LogP contribution in [0.2, 0.25) is 0 Å². The molecular formula is C13H14N3O. The number of hydrogen-bond donors (Lipinski definition) is 1. The lowest BCUT2D eigenvalue weighted by Crippen LogP contribution is -2.11. The SMILES string of the molecule is [CH2]CCC(=O)Nc1ccc2ccc(C)nc2n1. The van der Waals surface area contributed by atoms with Crippen molar-refractivity contribution in [2.45, 2.75) is 19.8 Å². The van der Waals surface area contributed by atoms with E-state index < -0.39 is 0 Å². The number of anilines is 1. The Bertz CT molecular complexity index is 551. The highest BCUT2D eigenvalue weighted by molar-refractivity contribution is 5.91. The Morgan fingerprint density at radius 1 is 1.29 bits per heavy atom. The van der Waals surface area contributed by atoms with E-state index in [1.54, 1.807) is 6.07 Å². The molecule has 0 atom stereocenters. The minimum absolute atomic E-state index is 0.0699. The van der Waals surface area contributed by atoms with Crippen molar-refractivity contribution < 1.29 is 4.79 Å². The lowest BCUT2D eigenvalue weighted by Gasteiger charge is -2.04. The van der Waals surface area contributed by atoms with Crippen LogP contribution < -0.4 is 5.32 Å². The largest absolute Gasteiger partial charge is 0.311 e. The van der Waals surface area contributed by atoms with E-state index in [9.17, 15) is 4.79 Å². The van der Waals surface area contributed by atoms with Gasteiger partial charge in [-0.15, -0.1) is 0 Å². The molecule has 1 radical (unpaired) electrons. The number of nitrogens with zero attached hydrogens (tertiary/aromatic N) is 2. The summed E-state index contributed by atoms with van der Waals surface area (Å²) in [5, 5.41) is 3.69. The summed E-state index contributed by atoms with van der Waals surface area (Å²) in [6, 6.07) is 7.58. The van der Waals surface area contributed by atoms with Crippen LogP contribution in [0.15, 0.2) is 24.3 Å². The van der Waals surface area contributed by atoms with E-state index in [0.29, 0.717) is 24.3 Å². The first kappa shape index (κ1) is 11.5. The number of carbonyl (C=O) groups is 1. The fourth-order valence-electron chi connectivity index (χ4n) is 1.53. The van der Waals surface area contributed by atoms with Crippen molar-refractivity contribution in [3.8, 4) is 0 Å². The van der Waals surface area contributed by atoms with E-state index in [2.05, 4.69) is 22.2 Å². The van der Waals surface area contributed by atoms with Gasteiger partial charge in [-0.05, 0) is 37.6 Å². The van der Waals surface area contributed by atoms with Crippen LogP contribution in [0.3, 0.4) is 0 Å². The molecule has 87 valence electrons. The van der Waals surface area contributed by atoms with Gasteiger partial charge in [-0.3, -0.25) is 4.79 Å². The van der Waals surface area contributed by atoms with Crippen molar-refractivity contribution in [3.05, 3.63) is 36.9 Å². The molecule has 4 heteroatoms. The summed E-state index contributed by atoms with van der Waals surface area (Å²) in [5.74, 6) is 0.466. The van der Waals surface area contributed by atoms with Gasteiger partial charge < -0.3 is 5.32 Å². The van der Waals surface area contributed by atoms with Gasteiger partial charge in [0.15, 0.2) is 5.65 Å². The Hall–Kier alpha value is -1.97. The zero-order chi connectivity index (χ0) is 12.3. The second kappa shape index (κ2) is 4.91. The van der Waals surface area contributed by atoms with Gasteiger partial charge >= 0.3 is 0 Å². The van der Waals surface area contributed by atoms with Gasteiger partial charge in [-0.1, -0.05) is 6.92 Å². The molecule has 17 heavy (non-hydrogen) atoms. The van der Waals surface area contributed by atoms with Gasteiger partial charge in [0, 0.05) is 17.5 Å². The van der Waals surface area contributed by atoms with Crippen LogP contribution in [0.1, 0.15) is 18.5 Å². The summed E-state index contributed by atoms with van der Waals surface area (Å²) in [7, 11) is 0. The molecule has 1 N–H and O–H groups in total. The Kier molecular flexibility index (Phi) is 3.32. The van der Waals surface area contributed by atoms with Gasteiger partial charge in [0.25, 0.3) is 0 Å². The van der Waals surface area contributed by atoms with Crippen molar-refractivity contribution in [2.24, 2.45) is 0 Å². The minimum atomic E-state index is -0.0699. The molecule has 1 amide bonds. The summed E-state index contributed by atoms with van der Waals surface area (Å²) in [6.07, 6.45) is 0.984. The molecule has 2 rings (SSSR count). The maximum Gasteiger partial charge on any atom is 0.225 e. The molecule has 0 spiro atoms. The van der Waals surface area contributed by atoms with Gasteiger partial charge in [0.1, 0.15) is 5.82 Å². The molecule has 2 heterocycles. The maximum atomic E-state index is 11.4. The second-order valence-corrected chi connectivity index (χ2v) is 3.85. The van der Waals surface area contributed by atoms with E-state index in [1.807, 2.05) is 25.1 Å². The fourth-order valence-corrected chi connectivity index (χ4v) is 1.53. The van der Waals surface area contributed by atoms with Gasteiger partial charge in [0.05, 0.1) is 0 Å². The average Bonchev–Trinajstić information content (AvgIpc) is 2.28. The number of pyridine rings is 2. The van der Waals surface area contributed by atoms with Crippen molar-refractivity contribution in [3.63, 3.8) is 0 Å². The highest BCUT2D eigenvalue weighted by Crippen LogP contribution is 2.13. The van der Waals surface area contributed by atoms with E-state index >= 15 is 0 Å². The average molecular weight is 228 g/mol. The summed E-state index contributed by atoms with van der Waals surface area (Å²) < 4.78 is 0. The quantitative estimate of drug-likeness (QED) is 0.878.